The smallest absolute Gasteiger partial charge is 0.122 e. The van der Waals surface area contributed by atoms with Crippen LogP contribution in [0.15, 0.2) is 24.3 Å². The molecule has 3 nitrogen and oxygen atoms in total. The number of hydrogen-bond acceptors (Lipinski definition) is 3. The van der Waals surface area contributed by atoms with Crippen LogP contribution in [0.2, 0.25) is 0 Å². The van der Waals surface area contributed by atoms with Gasteiger partial charge in [-0.25, -0.2) is 0 Å². The van der Waals surface area contributed by atoms with Gasteiger partial charge in [-0.15, -0.1) is 0 Å². The number of nitrogens with one attached hydrogen (secondary N) is 1. The number of rotatable bonds is 9. The lowest BCUT2D eigenvalue weighted by atomic mass is 9.73. The van der Waals surface area contributed by atoms with Crippen LogP contribution in [0, 0.1) is 11.8 Å². The molecule has 1 atom stereocenters. The third-order valence-electron chi connectivity index (χ3n) is 4.38. The number of methoxy groups -OCH3 is 2. The quantitative estimate of drug-likeness (QED) is 0.704. The summed E-state index contributed by atoms with van der Waals surface area (Å²) in [7, 11) is 3.51. The van der Waals surface area contributed by atoms with Crippen LogP contribution in [0.3, 0.4) is 0 Å². The second kappa shape index (κ2) is 8.28. The van der Waals surface area contributed by atoms with Gasteiger partial charge in [0.25, 0.3) is 0 Å². The lowest BCUT2D eigenvalue weighted by Crippen LogP contribution is -2.34. The average Bonchev–Trinajstić information content (AvgIpc) is 2.42. The normalized spacial score (nSPS) is 16.7. The Labute approximate surface area is 122 Å². The Morgan fingerprint density at radius 3 is 2.70 bits per heavy atom. The van der Waals surface area contributed by atoms with Crippen LogP contribution in [-0.4, -0.2) is 33.9 Å². The van der Waals surface area contributed by atoms with Gasteiger partial charge < -0.3 is 14.8 Å². The maximum atomic E-state index is 5.48. The van der Waals surface area contributed by atoms with Crippen LogP contribution in [-0.2, 0) is 11.2 Å². The van der Waals surface area contributed by atoms with Crippen LogP contribution >= 0.6 is 0 Å². The Morgan fingerprint density at radius 2 is 2.05 bits per heavy atom. The van der Waals surface area contributed by atoms with Crippen molar-refractivity contribution in [3.8, 4) is 5.75 Å². The van der Waals surface area contributed by atoms with E-state index in [9.17, 15) is 0 Å². The zero-order valence-corrected chi connectivity index (χ0v) is 12.7. The number of para-hydroxylation sites is 1. The van der Waals surface area contributed by atoms with Crippen molar-refractivity contribution in [2.45, 2.75) is 25.7 Å². The Kier molecular flexibility index (Phi) is 6.34. The molecule has 0 aliphatic heterocycles. The molecule has 0 bridgehead atoms. The molecule has 20 heavy (non-hydrogen) atoms. The van der Waals surface area contributed by atoms with Crippen LogP contribution < -0.4 is 10.1 Å². The minimum atomic E-state index is 0.705. The zero-order valence-electron chi connectivity index (χ0n) is 12.7. The first-order valence-corrected chi connectivity index (χ1v) is 7.66. The van der Waals surface area contributed by atoms with E-state index in [-0.39, 0.29) is 0 Å². The first-order chi connectivity index (χ1) is 9.85. The molecule has 1 aromatic rings. The number of hydrogen-bond donors (Lipinski definition) is 1. The first kappa shape index (κ1) is 15.3. The van der Waals surface area contributed by atoms with E-state index in [0.29, 0.717) is 5.92 Å². The van der Waals surface area contributed by atoms with Gasteiger partial charge >= 0.3 is 0 Å². The van der Waals surface area contributed by atoms with Crippen LogP contribution in [0.5, 0.6) is 5.75 Å². The fourth-order valence-electron chi connectivity index (χ4n) is 2.93. The van der Waals surface area contributed by atoms with Gasteiger partial charge in [0, 0.05) is 13.7 Å². The maximum Gasteiger partial charge on any atom is 0.122 e. The molecule has 3 heteroatoms. The third kappa shape index (κ3) is 4.22. The molecule has 1 N–H and O–H groups in total. The summed E-state index contributed by atoms with van der Waals surface area (Å²) in [4.78, 5) is 0. The van der Waals surface area contributed by atoms with E-state index in [1.165, 1.54) is 24.8 Å². The Balaban J connectivity index is 1.92. The van der Waals surface area contributed by atoms with Crippen molar-refractivity contribution in [2.24, 2.45) is 11.8 Å². The summed E-state index contributed by atoms with van der Waals surface area (Å²) in [6, 6.07) is 8.40. The summed E-state index contributed by atoms with van der Waals surface area (Å²) in [5, 5.41) is 3.53. The fourth-order valence-corrected chi connectivity index (χ4v) is 2.93. The van der Waals surface area contributed by atoms with E-state index in [1.807, 2.05) is 6.07 Å². The van der Waals surface area contributed by atoms with Crippen molar-refractivity contribution in [3.63, 3.8) is 0 Å². The van der Waals surface area contributed by atoms with Gasteiger partial charge in [-0.3, -0.25) is 0 Å². The molecule has 0 spiro atoms. The van der Waals surface area contributed by atoms with Gasteiger partial charge in [0.2, 0.25) is 0 Å². The largest absolute Gasteiger partial charge is 0.496 e. The van der Waals surface area contributed by atoms with Crippen LogP contribution in [0.1, 0.15) is 24.8 Å². The van der Waals surface area contributed by atoms with Crippen molar-refractivity contribution in [2.75, 3.05) is 33.9 Å². The summed E-state index contributed by atoms with van der Waals surface area (Å²) in [5.74, 6) is 2.60. The standard InChI is InChI=1S/C17H27NO2/c1-19-11-10-18-13-16(14-7-5-8-14)12-15-6-3-4-9-17(15)20-2/h3-4,6,9,14,16,18H,5,7-8,10-13H2,1-2H3. The Bertz CT molecular complexity index is 390. The predicted octanol–water partition coefficient (Wildman–Crippen LogP) is 2.89. The van der Waals surface area contributed by atoms with Gasteiger partial charge in [0.15, 0.2) is 0 Å². The van der Waals surface area contributed by atoms with E-state index in [1.54, 1.807) is 14.2 Å². The summed E-state index contributed by atoms with van der Waals surface area (Å²) < 4.78 is 10.6. The molecule has 2 rings (SSSR count). The molecule has 112 valence electrons. The van der Waals surface area contributed by atoms with Gasteiger partial charge in [0.1, 0.15) is 5.75 Å². The van der Waals surface area contributed by atoms with E-state index >= 15 is 0 Å². The lowest BCUT2D eigenvalue weighted by Gasteiger charge is -2.34. The minimum Gasteiger partial charge on any atom is -0.496 e. The SMILES string of the molecule is COCCNCC(Cc1ccccc1OC)C1CCC1. The van der Waals surface area contributed by atoms with Crippen molar-refractivity contribution >= 4 is 0 Å². The summed E-state index contributed by atoms with van der Waals surface area (Å²) in [6.07, 6.45) is 5.26. The molecule has 1 aliphatic carbocycles. The van der Waals surface area contributed by atoms with Gasteiger partial charge in [-0.2, -0.15) is 0 Å². The zero-order chi connectivity index (χ0) is 14.2. The van der Waals surface area contributed by atoms with Crippen molar-refractivity contribution in [1.29, 1.82) is 0 Å². The molecule has 1 saturated carbocycles. The average molecular weight is 277 g/mol. The highest BCUT2D eigenvalue weighted by molar-refractivity contribution is 5.33. The van der Waals surface area contributed by atoms with E-state index in [0.717, 1.165) is 37.8 Å². The van der Waals surface area contributed by atoms with Crippen molar-refractivity contribution in [3.05, 3.63) is 29.8 Å². The highest BCUT2D eigenvalue weighted by Gasteiger charge is 2.27. The molecule has 0 amide bonds. The summed E-state index contributed by atoms with van der Waals surface area (Å²) >= 11 is 0. The van der Waals surface area contributed by atoms with Gasteiger partial charge in [-0.1, -0.05) is 37.5 Å². The van der Waals surface area contributed by atoms with Crippen LogP contribution in [0.25, 0.3) is 0 Å². The fraction of sp³-hybridized carbons (Fsp3) is 0.647. The maximum absolute atomic E-state index is 5.48. The first-order valence-electron chi connectivity index (χ1n) is 7.66. The Hall–Kier alpha value is -1.06. The second-order valence-electron chi connectivity index (χ2n) is 5.66. The second-order valence-corrected chi connectivity index (χ2v) is 5.66. The topological polar surface area (TPSA) is 30.5 Å². The molecular formula is C17H27NO2. The summed E-state index contributed by atoms with van der Waals surface area (Å²) in [6.45, 7) is 2.80. The predicted molar refractivity (Wildman–Crippen MR) is 82.3 cm³/mol. The highest BCUT2D eigenvalue weighted by Crippen LogP contribution is 2.36. The van der Waals surface area contributed by atoms with Crippen molar-refractivity contribution in [1.82, 2.24) is 5.32 Å². The van der Waals surface area contributed by atoms with Gasteiger partial charge in [0.05, 0.1) is 13.7 Å². The van der Waals surface area contributed by atoms with Gasteiger partial charge in [-0.05, 0) is 36.4 Å². The molecule has 1 fully saturated rings. The van der Waals surface area contributed by atoms with Crippen molar-refractivity contribution < 1.29 is 9.47 Å². The third-order valence-corrected chi connectivity index (χ3v) is 4.38. The molecular weight excluding hydrogens is 250 g/mol. The molecule has 0 aromatic heterocycles. The van der Waals surface area contributed by atoms with E-state index < -0.39 is 0 Å². The monoisotopic (exact) mass is 277 g/mol. The molecule has 1 aromatic carbocycles. The van der Waals surface area contributed by atoms with Crippen LogP contribution in [0.4, 0.5) is 0 Å². The number of ether oxygens (including phenoxy) is 2. The highest BCUT2D eigenvalue weighted by atomic mass is 16.5. The van der Waals surface area contributed by atoms with E-state index in [2.05, 4.69) is 23.5 Å². The lowest BCUT2D eigenvalue weighted by molar-refractivity contribution is 0.178. The Morgan fingerprint density at radius 1 is 1.25 bits per heavy atom. The minimum absolute atomic E-state index is 0.705. The molecule has 1 unspecified atom stereocenters. The molecule has 0 saturated heterocycles. The summed E-state index contributed by atoms with van der Waals surface area (Å²) in [5.41, 5.74) is 1.33. The molecule has 1 aliphatic rings. The van der Waals surface area contributed by atoms with E-state index in [4.69, 9.17) is 9.47 Å². The molecule has 0 radical (unpaired) electrons. The molecule has 0 heterocycles. The number of benzene rings is 1.